The summed E-state index contributed by atoms with van der Waals surface area (Å²) in [6.45, 7) is 6.14. The Morgan fingerprint density at radius 1 is 1.28 bits per heavy atom. The van der Waals surface area contributed by atoms with Crippen molar-refractivity contribution in [2.24, 2.45) is 21.6 Å². The van der Waals surface area contributed by atoms with Crippen molar-refractivity contribution in [3.63, 3.8) is 0 Å². The summed E-state index contributed by atoms with van der Waals surface area (Å²) >= 11 is 0. The maximum Gasteiger partial charge on any atom is 0.294 e. The first-order valence-corrected chi connectivity index (χ1v) is 8.48. The average Bonchev–Trinajstić information content (AvgIpc) is 2.86. The van der Waals surface area contributed by atoms with Crippen LogP contribution >= 0.6 is 0 Å². The number of nitrogens with zero attached hydrogens (tertiary/aromatic N) is 3. The molecule has 1 aromatic carbocycles. The van der Waals surface area contributed by atoms with E-state index < -0.39 is 22.2 Å². The van der Waals surface area contributed by atoms with E-state index in [1.165, 1.54) is 0 Å². The van der Waals surface area contributed by atoms with Gasteiger partial charge in [-0.05, 0) is 25.8 Å². The largest absolute Gasteiger partial charge is 0.386 e. The first-order valence-electron chi connectivity index (χ1n) is 8.48. The molecule has 2 aliphatic heterocycles. The lowest BCUT2D eigenvalue weighted by molar-refractivity contribution is -0.197. The van der Waals surface area contributed by atoms with Gasteiger partial charge >= 0.3 is 0 Å². The molecule has 1 aromatic rings. The summed E-state index contributed by atoms with van der Waals surface area (Å²) in [7, 11) is 0. The molecule has 1 saturated heterocycles. The molecule has 1 saturated carbocycles. The second-order valence-electron chi connectivity index (χ2n) is 7.17. The van der Waals surface area contributed by atoms with E-state index >= 15 is 0 Å². The van der Waals surface area contributed by atoms with Gasteiger partial charge in [-0.25, -0.2) is 4.99 Å². The molecular formula is C19H20N4O2. The molecule has 1 aliphatic carbocycles. The number of hydrogen-bond donors (Lipinski definition) is 1. The van der Waals surface area contributed by atoms with Gasteiger partial charge in [-0.15, -0.1) is 0 Å². The van der Waals surface area contributed by atoms with Crippen LogP contribution in [-0.2, 0) is 14.9 Å². The van der Waals surface area contributed by atoms with Crippen LogP contribution in [0.5, 0.6) is 0 Å². The van der Waals surface area contributed by atoms with E-state index in [0.29, 0.717) is 13.0 Å². The molecule has 6 heteroatoms. The molecule has 3 aliphatic rings. The highest BCUT2D eigenvalue weighted by molar-refractivity contribution is 6.02. The average molecular weight is 336 g/mol. The quantitative estimate of drug-likeness (QED) is 0.891. The van der Waals surface area contributed by atoms with Crippen molar-refractivity contribution in [2.45, 2.75) is 44.6 Å². The number of fused-ring (bicyclic) bond motifs is 2. The fourth-order valence-electron chi connectivity index (χ4n) is 5.19. The van der Waals surface area contributed by atoms with E-state index in [1.54, 1.807) is 0 Å². The predicted molar refractivity (Wildman–Crippen MR) is 90.1 cm³/mol. The maximum atomic E-state index is 10.3. The molecule has 1 spiro atoms. The van der Waals surface area contributed by atoms with Crippen LogP contribution in [0, 0.1) is 40.4 Å². The van der Waals surface area contributed by atoms with Gasteiger partial charge in [0, 0.05) is 0 Å². The minimum Gasteiger partial charge on any atom is -0.386 e. The van der Waals surface area contributed by atoms with Crippen molar-refractivity contribution >= 4 is 5.84 Å². The Balaban J connectivity index is 2.02. The summed E-state index contributed by atoms with van der Waals surface area (Å²) < 4.78 is 11.9. The van der Waals surface area contributed by atoms with Gasteiger partial charge in [-0.1, -0.05) is 36.8 Å². The highest BCUT2D eigenvalue weighted by atomic mass is 16.8. The zero-order chi connectivity index (χ0) is 18.1. The second kappa shape index (κ2) is 4.60. The highest BCUT2D eigenvalue weighted by Gasteiger charge is 3.01. The van der Waals surface area contributed by atoms with E-state index in [9.17, 15) is 10.5 Å². The van der Waals surface area contributed by atoms with Gasteiger partial charge in [0.15, 0.2) is 10.8 Å². The first-order chi connectivity index (χ1) is 11.9. The summed E-state index contributed by atoms with van der Waals surface area (Å²) in [5, 5.41) is 20.4. The number of benzene rings is 1. The Kier molecular flexibility index (Phi) is 2.96. The van der Waals surface area contributed by atoms with Gasteiger partial charge in [0.25, 0.3) is 5.91 Å². The molecule has 0 radical (unpaired) electrons. The van der Waals surface area contributed by atoms with Crippen molar-refractivity contribution in [1.82, 2.24) is 0 Å². The van der Waals surface area contributed by atoms with Gasteiger partial charge in [0.05, 0.1) is 30.3 Å². The molecule has 5 atom stereocenters. The SMILES string of the molecule is CC[C@@]1(c2ccc(C)cc2)[C@]2(C#N)C(N)=N[C@@]3(OC[C@H](C)O3)[C@@]21C#N. The zero-order valence-corrected chi connectivity index (χ0v) is 14.5. The molecule has 0 bridgehead atoms. The van der Waals surface area contributed by atoms with Crippen LogP contribution in [0.1, 0.15) is 31.4 Å². The van der Waals surface area contributed by atoms with Crippen molar-refractivity contribution in [2.75, 3.05) is 6.61 Å². The van der Waals surface area contributed by atoms with Gasteiger partial charge in [-0.2, -0.15) is 10.5 Å². The number of amidine groups is 1. The smallest absolute Gasteiger partial charge is 0.294 e. The van der Waals surface area contributed by atoms with Crippen LogP contribution in [-0.4, -0.2) is 24.5 Å². The molecule has 128 valence electrons. The number of aryl methyl sites for hydroxylation is 1. The summed E-state index contributed by atoms with van der Waals surface area (Å²) in [5.74, 6) is -1.38. The fourth-order valence-corrected chi connectivity index (χ4v) is 5.19. The van der Waals surface area contributed by atoms with Crippen molar-refractivity contribution in [3.8, 4) is 12.1 Å². The number of aliphatic imine (C=N–C) groups is 1. The predicted octanol–water partition coefficient (Wildman–Crippen LogP) is 2.14. The third kappa shape index (κ3) is 1.34. The molecule has 0 amide bonds. The molecule has 4 rings (SSSR count). The van der Waals surface area contributed by atoms with E-state index in [4.69, 9.17) is 15.2 Å². The minimum absolute atomic E-state index is 0.132. The lowest BCUT2D eigenvalue weighted by Crippen LogP contribution is -2.43. The number of nitriles is 2. The Labute approximate surface area is 146 Å². The van der Waals surface area contributed by atoms with Crippen molar-refractivity contribution < 1.29 is 9.47 Å². The third-order valence-corrected chi connectivity index (χ3v) is 6.19. The molecule has 2 fully saturated rings. The molecule has 2 N–H and O–H groups in total. The van der Waals surface area contributed by atoms with Crippen molar-refractivity contribution in [3.05, 3.63) is 35.4 Å². The third-order valence-electron chi connectivity index (χ3n) is 6.19. The summed E-state index contributed by atoms with van der Waals surface area (Å²) in [5.41, 5.74) is 4.91. The topological polar surface area (TPSA) is 104 Å². The fraction of sp³-hybridized carbons (Fsp3) is 0.526. The Morgan fingerprint density at radius 3 is 2.44 bits per heavy atom. The molecular weight excluding hydrogens is 316 g/mol. The molecule has 0 aromatic heterocycles. The highest BCUT2D eigenvalue weighted by Crippen LogP contribution is 2.86. The molecule has 25 heavy (non-hydrogen) atoms. The Bertz CT molecular complexity index is 867. The molecule has 6 nitrogen and oxygen atoms in total. The normalized spacial score (nSPS) is 44.0. The van der Waals surface area contributed by atoms with Crippen LogP contribution in [0.3, 0.4) is 0 Å². The minimum atomic E-state index is -1.51. The Morgan fingerprint density at radius 2 is 1.96 bits per heavy atom. The standard InChI is InChI=1S/C19H20N4O2/c1-4-16(14-7-5-12(2)6-8-14)17(10-20)15(22)23-19(18(16,17)11-21)24-9-13(3)25-19/h5-8,13H,4,9H2,1-3H3,(H2,22,23)/t13-,16+,17-,18+,19+/m0/s1. The molecule has 2 heterocycles. The maximum absolute atomic E-state index is 10.3. The number of ether oxygens (including phenoxy) is 2. The van der Waals surface area contributed by atoms with E-state index in [2.05, 4.69) is 17.1 Å². The monoisotopic (exact) mass is 336 g/mol. The van der Waals surface area contributed by atoms with E-state index in [-0.39, 0.29) is 11.9 Å². The number of nitrogens with two attached hydrogens (primary N) is 1. The summed E-state index contributed by atoms with van der Waals surface area (Å²) in [6, 6.07) is 12.6. The first kappa shape index (κ1) is 16.1. The van der Waals surface area contributed by atoms with E-state index in [1.807, 2.05) is 45.0 Å². The van der Waals surface area contributed by atoms with Crippen LogP contribution in [0.15, 0.2) is 29.3 Å². The lowest BCUT2D eigenvalue weighted by Gasteiger charge is -2.31. The van der Waals surface area contributed by atoms with Gasteiger partial charge in [0.1, 0.15) is 5.84 Å². The van der Waals surface area contributed by atoms with Crippen LogP contribution in [0.4, 0.5) is 0 Å². The van der Waals surface area contributed by atoms with E-state index in [0.717, 1.165) is 11.1 Å². The van der Waals surface area contributed by atoms with Gasteiger partial charge in [0.2, 0.25) is 0 Å². The zero-order valence-electron chi connectivity index (χ0n) is 14.5. The Hall–Kier alpha value is -2.41. The van der Waals surface area contributed by atoms with Crippen LogP contribution in [0.2, 0.25) is 0 Å². The lowest BCUT2D eigenvalue weighted by atomic mass is 9.80. The van der Waals surface area contributed by atoms with Gasteiger partial charge in [-0.3, -0.25) is 0 Å². The van der Waals surface area contributed by atoms with Crippen molar-refractivity contribution in [1.29, 1.82) is 10.5 Å². The summed E-state index contributed by atoms with van der Waals surface area (Å²) in [6.07, 6.45) is 0.334. The van der Waals surface area contributed by atoms with Gasteiger partial charge < -0.3 is 15.2 Å². The molecule has 0 unspecified atom stereocenters. The number of rotatable bonds is 2. The second-order valence-corrected chi connectivity index (χ2v) is 7.17. The van der Waals surface area contributed by atoms with Crippen LogP contribution < -0.4 is 5.73 Å². The van der Waals surface area contributed by atoms with Crippen LogP contribution in [0.25, 0.3) is 0 Å². The number of hydrogen-bond acceptors (Lipinski definition) is 6. The summed E-state index contributed by atoms with van der Waals surface area (Å²) in [4.78, 5) is 4.38.